The van der Waals surface area contributed by atoms with E-state index in [2.05, 4.69) is 23.7 Å². The highest BCUT2D eigenvalue weighted by atomic mass is 32.1. The molecule has 0 aliphatic heterocycles. The van der Waals surface area contributed by atoms with Crippen molar-refractivity contribution in [3.63, 3.8) is 0 Å². The van der Waals surface area contributed by atoms with E-state index in [1.807, 2.05) is 0 Å². The van der Waals surface area contributed by atoms with Crippen molar-refractivity contribution in [2.75, 3.05) is 0 Å². The Balaban J connectivity index is 0. The Labute approximate surface area is 50.9 Å². The van der Waals surface area contributed by atoms with E-state index in [9.17, 15) is 0 Å². The Morgan fingerprint density at radius 1 is 1.38 bits per heavy atom. The van der Waals surface area contributed by atoms with Gasteiger partial charge in [0.25, 0.3) is 0 Å². The molecule has 0 bridgehead atoms. The standard InChI is InChI=1S/CH4N2S.CH2O3/c2*2-1(3)4/h(H4,2,3,4);(H2,2,3,4). The van der Waals surface area contributed by atoms with E-state index < -0.39 is 6.16 Å². The van der Waals surface area contributed by atoms with Gasteiger partial charge in [-0.15, -0.1) is 0 Å². The van der Waals surface area contributed by atoms with Gasteiger partial charge < -0.3 is 21.7 Å². The summed E-state index contributed by atoms with van der Waals surface area (Å²) in [6.45, 7) is 0. The summed E-state index contributed by atoms with van der Waals surface area (Å²) in [4.78, 5) is 8.56. The Morgan fingerprint density at radius 3 is 1.38 bits per heavy atom. The van der Waals surface area contributed by atoms with Crippen molar-refractivity contribution in [1.82, 2.24) is 0 Å². The molecule has 48 valence electrons. The lowest BCUT2D eigenvalue weighted by molar-refractivity contribution is 0.137. The van der Waals surface area contributed by atoms with Crippen LogP contribution < -0.4 is 11.5 Å². The van der Waals surface area contributed by atoms with Crippen LogP contribution in [0.25, 0.3) is 0 Å². The molecule has 0 saturated heterocycles. The molecular weight excluding hydrogens is 132 g/mol. The average molecular weight is 138 g/mol. The summed E-state index contributed by atoms with van der Waals surface area (Å²) >= 11 is 4.09. The van der Waals surface area contributed by atoms with Crippen LogP contribution in [-0.4, -0.2) is 21.5 Å². The third-order valence-corrected chi connectivity index (χ3v) is 0. The molecule has 0 aromatic carbocycles. The molecule has 8 heavy (non-hydrogen) atoms. The van der Waals surface area contributed by atoms with Crippen LogP contribution in [-0.2, 0) is 0 Å². The zero-order valence-electron chi connectivity index (χ0n) is 3.87. The zero-order valence-corrected chi connectivity index (χ0v) is 4.68. The molecule has 0 heterocycles. The van der Waals surface area contributed by atoms with Crippen LogP contribution in [0, 0.1) is 0 Å². The summed E-state index contributed by atoms with van der Waals surface area (Å²) in [6.07, 6.45) is -1.83. The van der Waals surface area contributed by atoms with Gasteiger partial charge in [-0.3, -0.25) is 0 Å². The van der Waals surface area contributed by atoms with Gasteiger partial charge in [0.05, 0.1) is 0 Å². The van der Waals surface area contributed by atoms with Crippen molar-refractivity contribution in [2.24, 2.45) is 11.5 Å². The smallest absolute Gasteiger partial charge is 0.450 e. The number of carbonyl (C=O) groups is 1. The lowest BCUT2D eigenvalue weighted by Gasteiger charge is -1.68. The maximum atomic E-state index is 8.56. The minimum atomic E-state index is -1.83. The molecule has 0 aliphatic rings. The third-order valence-electron chi connectivity index (χ3n) is 0. The molecule has 0 spiro atoms. The Kier molecular flexibility index (Phi) is 7.49. The first-order valence-corrected chi connectivity index (χ1v) is 1.84. The molecule has 5 nitrogen and oxygen atoms in total. The molecule has 0 rings (SSSR count). The van der Waals surface area contributed by atoms with Crippen LogP contribution in [0.15, 0.2) is 0 Å². The monoisotopic (exact) mass is 138 g/mol. The summed E-state index contributed by atoms with van der Waals surface area (Å²) < 4.78 is 0. The molecule has 0 atom stereocenters. The van der Waals surface area contributed by atoms with Gasteiger partial charge in [0, 0.05) is 0 Å². The fourth-order valence-electron chi connectivity index (χ4n) is 0. The maximum Gasteiger partial charge on any atom is 0.503 e. The molecule has 0 radical (unpaired) electrons. The molecule has 6 N–H and O–H groups in total. The molecule has 0 unspecified atom stereocenters. The first kappa shape index (κ1) is 10.0. The number of carboxylic acid groups (broad SMARTS) is 2. The molecule has 0 aromatic rings. The number of hydrogen-bond donors (Lipinski definition) is 4. The average Bonchev–Trinajstić information content (AvgIpc) is 1.25. The quantitative estimate of drug-likeness (QED) is 0.333. The summed E-state index contributed by atoms with van der Waals surface area (Å²) in [5.41, 5.74) is 9.24. The van der Waals surface area contributed by atoms with Crippen LogP contribution in [0.4, 0.5) is 4.79 Å². The molecule has 0 amide bonds. The van der Waals surface area contributed by atoms with E-state index in [4.69, 9.17) is 15.0 Å². The Bertz CT molecular complexity index is 73.3. The first-order valence-electron chi connectivity index (χ1n) is 1.43. The van der Waals surface area contributed by atoms with Gasteiger partial charge in [0.1, 0.15) is 0 Å². The van der Waals surface area contributed by atoms with Crippen LogP contribution in [0.3, 0.4) is 0 Å². The minimum Gasteiger partial charge on any atom is -0.450 e. The lowest BCUT2D eigenvalue weighted by atomic mass is 11.3. The summed E-state index contributed by atoms with van der Waals surface area (Å²) in [5.74, 6) is 0. The maximum absolute atomic E-state index is 8.56. The Morgan fingerprint density at radius 2 is 1.38 bits per heavy atom. The van der Waals surface area contributed by atoms with Crippen molar-refractivity contribution in [3.05, 3.63) is 0 Å². The highest BCUT2D eigenvalue weighted by Gasteiger charge is 1.70. The van der Waals surface area contributed by atoms with Crippen LogP contribution in [0.5, 0.6) is 0 Å². The molecule has 0 saturated carbocycles. The van der Waals surface area contributed by atoms with Gasteiger partial charge in [-0.2, -0.15) is 0 Å². The highest BCUT2D eigenvalue weighted by Crippen LogP contribution is 1.42. The van der Waals surface area contributed by atoms with Crippen molar-refractivity contribution in [3.8, 4) is 0 Å². The number of thiocarbonyl (C=S) groups is 1. The predicted molar refractivity (Wildman–Crippen MR) is 31.6 cm³/mol. The highest BCUT2D eigenvalue weighted by molar-refractivity contribution is 7.80. The third kappa shape index (κ3) is 71.9. The number of nitrogens with two attached hydrogens (primary N) is 2. The van der Waals surface area contributed by atoms with Crippen molar-refractivity contribution in [2.45, 2.75) is 0 Å². The second kappa shape index (κ2) is 5.96. The van der Waals surface area contributed by atoms with Gasteiger partial charge in [-0.05, 0) is 12.2 Å². The second-order valence-corrected chi connectivity index (χ2v) is 1.16. The van der Waals surface area contributed by atoms with Crippen molar-refractivity contribution in [1.29, 1.82) is 0 Å². The first-order chi connectivity index (χ1) is 3.46. The van der Waals surface area contributed by atoms with Crippen LogP contribution >= 0.6 is 12.2 Å². The van der Waals surface area contributed by atoms with Gasteiger partial charge in [0.2, 0.25) is 0 Å². The second-order valence-electron chi connectivity index (χ2n) is 0.685. The lowest BCUT2D eigenvalue weighted by Crippen LogP contribution is -2.18. The fourth-order valence-corrected chi connectivity index (χ4v) is 0. The van der Waals surface area contributed by atoms with Gasteiger partial charge in [-0.1, -0.05) is 0 Å². The van der Waals surface area contributed by atoms with E-state index in [1.165, 1.54) is 0 Å². The van der Waals surface area contributed by atoms with E-state index >= 15 is 0 Å². The zero-order chi connectivity index (χ0) is 7.15. The molecule has 0 aliphatic carbocycles. The van der Waals surface area contributed by atoms with Crippen LogP contribution in [0.2, 0.25) is 0 Å². The van der Waals surface area contributed by atoms with Gasteiger partial charge in [0.15, 0.2) is 5.11 Å². The summed E-state index contributed by atoms with van der Waals surface area (Å²) in [7, 11) is 0. The van der Waals surface area contributed by atoms with E-state index in [1.54, 1.807) is 0 Å². The van der Waals surface area contributed by atoms with Crippen LogP contribution in [0.1, 0.15) is 0 Å². The minimum absolute atomic E-state index is 0.000000000000000222. The Hall–Kier alpha value is -1.04. The molecular formula is C2H6N2O3S. The SMILES string of the molecule is NC(N)=S.O=C(O)O. The number of rotatable bonds is 0. The van der Waals surface area contributed by atoms with Gasteiger partial charge in [-0.25, -0.2) is 4.79 Å². The molecule has 0 aromatic heterocycles. The number of hydrogen-bond acceptors (Lipinski definition) is 2. The summed E-state index contributed by atoms with van der Waals surface area (Å²) in [5, 5.41) is 13.9. The van der Waals surface area contributed by atoms with E-state index in [0.717, 1.165) is 0 Å². The van der Waals surface area contributed by atoms with Gasteiger partial charge >= 0.3 is 6.16 Å². The van der Waals surface area contributed by atoms with E-state index in [-0.39, 0.29) is 5.11 Å². The fraction of sp³-hybridized carbons (Fsp3) is 0. The topological polar surface area (TPSA) is 110 Å². The predicted octanol–water partition coefficient (Wildman–Crippen LogP) is -0.589. The molecule has 6 heteroatoms. The molecule has 0 fully saturated rings. The largest absolute Gasteiger partial charge is 0.503 e. The normalized spacial score (nSPS) is 6.00. The van der Waals surface area contributed by atoms with Crippen molar-refractivity contribution >= 4 is 23.5 Å². The summed E-state index contributed by atoms with van der Waals surface area (Å²) in [6, 6.07) is 0. The van der Waals surface area contributed by atoms with Crippen molar-refractivity contribution < 1.29 is 15.0 Å². The van der Waals surface area contributed by atoms with E-state index in [0.29, 0.717) is 0 Å².